The number of nitrogens with zero attached hydrogens (tertiary/aromatic N) is 1. The van der Waals surface area contributed by atoms with E-state index in [1.54, 1.807) is 36.4 Å². The fourth-order valence-electron chi connectivity index (χ4n) is 3.67. The maximum Gasteiger partial charge on any atom is 0.264 e. The van der Waals surface area contributed by atoms with Crippen molar-refractivity contribution in [2.75, 3.05) is 10.8 Å². The number of sulfonamides is 1. The van der Waals surface area contributed by atoms with E-state index in [9.17, 15) is 13.2 Å². The first-order chi connectivity index (χ1) is 15.1. The average molecular weight is 451 g/mol. The van der Waals surface area contributed by atoms with Gasteiger partial charge in [0.2, 0.25) is 5.91 Å². The van der Waals surface area contributed by atoms with Crippen LogP contribution in [0.2, 0.25) is 0 Å². The molecule has 1 N–H and O–H groups in total. The van der Waals surface area contributed by atoms with E-state index in [0.29, 0.717) is 5.69 Å². The molecule has 3 aromatic carbocycles. The van der Waals surface area contributed by atoms with E-state index in [1.165, 1.54) is 4.31 Å². The SMILES string of the molecule is Cc1ccc(N(CC(=O)N[C@@H](C)c2ccc(C)cc2C)S(=O)(=O)c2ccc(C)cc2)cc1. The van der Waals surface area contributed by atoms with Crippen molar-refractivity contribution < 1.29 is 13.2 Å². The minimum Gasteiger partial charge on any atom is -0.348 e. The van der Waals surface area contributed by atoms with Gasteiger partial charge in [-0.25, -0.2) is 8.42 Å². The molecular formula is C26H30N2O3S. The van der Waals surface area contributed by atoms with Crippen LogP contribution in [0, 0.1) is 27.7 Å². The molecule has 0 radical (unpaired) electrons. The van der Waals surface area contributed by atoms with Crippen LogP contribution in [0.4, 0.5) is 5.69 Å². The van der Waals surface area contributed by atoms with Gasteiger partial charge in [-0.2, -0.15) is 0 Å². The maximum absolute atomic E-state index is 13.5. The number of hydrogen-bond acceptors (Lipinski definition) is 3. The standard InChI is InChI=1S/C26H30N2O3S/c1-18-6-11-23(12-7-18)28(32(30,31)24-13-8-19(2)9-14-24)17-26(29)27-22(5)25-15-10-20(3)16-21(25)4/h6-16,22H,17H2,1-5H3,(H,27,29)/t22-/m0/s1. The van der Waals surface area contributed by atoms with Gasteiger partial charge in [-0.3, -0.25) is 9.10 Å². The van der Waals surface area contributed by atoms with Crippen LogP contribution in [-0.4, -0.2) is 20.9 Å². The van der Waals surface area contributed by atoms with E-state index in [-0.39, 0.29) is 23.4 Å². The van der Waals surface area contributed by atoms with Gasteiger partial charge in [0.25, 0.3) is 10.0 Å². The Balaban J connectivity index is 1.89. The Bertz CT molecular complexity index is 1200. The van der Waals surface area contributed by atoms with E-state index in [4.69, 9.17) is 0 Å². The Morgan fingerprint density at radius 2 is 1.38 bits per heavy atom. The predicted molar refractivity (Wildman–Crippen MR) is 129 cm³/mol. The molecule has 0 spiro atoms. The number of nitrogens with one attached hydrogen (secondary N) is 1. The zero-order valence-corrected chi connectivity index (χ0v) is 20.0. The van der Waals surface area contributed by atoms with Crippen molar-refractivity contribution in [1.29, 1.82) is 0 Å². The molecule has 0 fully saturated rings. The number of aryl methyl sites for hydroxylation is 4. The molecule has 32 heavy (non-hydrogen) atoms. The summed E-state index contributed by atoms with van der Waals surface area (Å²) in [5, 5.41) is 2.96. The molecule has 5 nitrogen and oxygen atoms in total. The Hall–Kier alpha value is -3.12. The Labute approximate surface area is 191 Å². The third-order valence-corrected chi connectivity index (χ3v) is 7.28. The summed E-state index contributed by atoms with van der Waals surface area (Å²) in [4.78, 5) is 13.1. The van der Waals surface area contributed by atoms with Crippen LogP contribution in [0.3, 0.4) is 0 Å². The van der Waals surface area contributed by atoms with E-state index in [1.807, 2.05) is 58.9 Å². The largest absolute Gasteiger partial charge is 0.348 e. The molecule has 168 valence electrons. The van der Waals surface area contributed by atoms with E-state index >= 15 is 0 Å². The average Bonchev–Trinajstić information content (AvgIpc) is 2.73. The molecule has 3 rings (SSSR count). The summed E-state index contributed by atoms with van der Waals surface area (Å²) in [7, 11) is -3.92. The van der Waals surface area contributed by atoms with Crippen molar-refractivity contribution in [3.05, 3.63) is 94.5 Å². The van der Waals surface area contributed by atoms with Crippen molar-refractivity contribution >= 4 is 21.6 Å². The van der Waals surface area contributed by atoms with Crippen molar-refractivity contribution in [3.63, 3.8) is 0 Å². The predicted octanol–water partition coefficient (Wildman–Crippen LogP) is 4.99. The lowest BCUT2D eigenvalue weighted by Gasteiger charge is -2.25. The van der Waals surface area contributed by atoms with Gasteiger partial charge in [0.15, 0.2) is 0 Å². The molecule has 1 amide bonds. The second-order valence-corrected chi connectivity index (χ2v) is 10.2. The molecule has 0 saturated carbocycles. The number of benzene rings is 3. The fourth-order valence-corrected chi connectivity index (χ4v) is 5.09. The van der Waals surface area contributed by atoms with Crippen LogP contribution in [0.25, 0.3) is 0 Å². The smallest absolute Gasteiger partial charge is 0.264 e. The van der Waals surface area contributed by atoms with Crippen LogP contribution >= 0.6 is 0 Å². The molecule has 0 heterocycles. The normalized spacial score (nSPS) is 12.3. The molecular weight excluding hydrogens is 420 g/mol. The van der Waals surface area contributed by atoms with Crippen LogP contribution in [0.5, 0.6) is 0 Å². The third kappa shape index (κ3) is 5.37. The topological polar surface area (TPSA) is 66.5 Å². The highest BCUT2D eigenvalue weighted by Gasteiger charge is 2.27. The number of anilines is 1. The molecule has 0 aliphatic heterocycles. The molecule has 6 heteroatoms. The number of hydrogen-bond donors (Lipinski definition) is 1. The van der Waals surface area contributed by atoms with Gasteiger partial charge in [-0.1, -0.05) is 59.2 Å². The minimum absolute atomic E-state index is 0.152. The molecule has 0 aliphatic rings. The van der Waals surface area contributed by atoms with E-state index in [2.05, 4.69) is 11.4 Å². The van der Waals surface area contributed by atoms with E-state index < -0.39 is 10.0 Å². The first kappa shape index (κ1) is 23.5. The van der Waals surface area contributed by atoms with Crippen molar-refractivity contribution in [2.45, 2.75) is 45.6 Å². The van der Waals surface area contributed by atoms with Gasteiger partial charge in [-0.15, -0.1) is 0 Å². The van der Waals surface area contributed by atoms with Crippen LogP contribution in [0.15, 0.2) is 71.6 Å². The lowest BCUT2D eigenvalue weighted by Crippen LogP contribution is -2.41. The number of amides is 1. The Morgan fingerprint density at radius 1 is 0.844 bits per heavy atom. The van der Waals surface area contributed by atoms with Gasteiger partial charge < -0.3 is 5.32 Å². The second-order valence-electron chi connectivity index (χ2n) is 8.31. The highest BCUT2D eigenvalue weighted by Crippen LogP contribution is 2.25. The lowest BCUT2D eigenvalue weighted by atomic mass is 10.0. The third-order valence-electron chi connectivity index (χ3n) is 5.49. The number of carbonyl (C=O) groups excluding carboxylic acids is 1. The lowest BCUT2D eigenvalue weighted by molar-refractivity contribution is -0.120. The summed E-state index contributed by atoms with van der Waals surface area (Å²) in [5.41, 5.74) is 5.66. The number of carbonyl (C=O) groups is 1. The molecule has 0 unspecified atom stereocenters. The summed E-state index contributed by atoms with van der Waals surface area (Å²) in [6.45, 7) is 9.45. The van der Waals surface area contributed by atoms with Crippen LogP contribution in [-0.2, 0) is 14.8 Å². The first-order valence-electron chi connectivity index (χ1n) is 10.6. The van der Waals surface area contributed by atoms with Gasteiger partial charge in [0, 0.05) is 0 Å². The van der Waals surface area contributed by atoms with Gasteiger partial charge in [0.1, 0.15) is 6.54 Å². The van der Waals surface area contributed by atoms with Crippen LogP contribution < -0.4 is 9.62 Å². The van der Waals surface area contributed by atoms with Gasteiger partial charge in [-0.05, 0) is 70.0 Å². The Kier molecular flexibility index (Phi) is 7.04. The van der Waals surface area contributed by atoms with E-state index in [0.717, 1.165) is 27.8 Å². The quantitative estimate of drug-likeness (QED) is 0.551. The first-order valence-corrected chi connectivity index (χ1v) is 12.0. The highest BCUT2D eigenvalue weighted by molar-refractivity contribution is 7.92. The summed E-state index contributed by atoms with van der Waals surface area (Å²) in [6, 6.07) is 19.6. The van der Waals surface area contributed by atoms with Crippen molar-refractivity contribution in [3.8, 4) is 0 Å². The van der Waals surface area contributed by atoms with Gasteiger partial charge >= 0.3 is 0 Å². The molecule has 1 atom stereocenters. The molecule has 0 aromatic heterocycles. The fraction of sp³-hybridized carbons (Fsp3) is 0.269. The monoisotopic (exact) mass is 450 g/mol. The number of rotatable bonds is 7. The zero-order valence-electron chi connectivity index (χ0n) is 19.2. The van der Waals surface area contributed by atoms with Gasteiger partial charge in [0.05, 0.1) is 16.6 Å². The van der Waals surface area contributed by atoms with Crippen molar-refractivity contribution in [1.82, 2.24) is 5.32 Å². The maximum atomic E-state index is 13.5. The zero-order chi connectivity index (χ0) is 23.5. The highest BCUT2D eigenvalue weighted by atomic mass is 32.2. The van der Waals surface area contributed by atoms with Crippen LogP contribution in [0.1, 0.15) is 40.8 Å². The summed E-state index contributed by atoms with van der Waals surface area (Å²) >= 11 is 0. The van der Waals surface area contributed by atoms with Crippen molar-refractivity contribution in [2.24, 2.45) is 0 Å². The molecule has 0 aliphatic carbocycles. The summed E-state index contributed by atoms with van der Waals surface area (Å²) < 4.78 is 28.1. The molecule has 0 saturated heterocycles. The molecule has 0 bridgehead atoms. The summed E-state index contributed by atoms with van der Waals surface area (Å²) in [6.07, 6.45) is 0. The Morgan fingerprint density at radius 3 is 1.94 bits per heavy atom. The molecule has 3 aromatic rings. The summed E-state index contributed by atoms with van der Waals surface area (Å²) in [5.74, 6) is -0.367. The second kappa shape index (κ2) is 9.57. The minimum atomic E-state index is -3.92.